The van der Waals surface area contributed by atoms with Gasteiger partial charge in [-0.2, -0.15) is 0 Å². The Hall–Kier alpha value is -6.90. The molecule has 2 nitrogen and oxygen atoms in total. The predicted molar refractivity (Wildman–Crippen MR) is 221 cm³/mol. The maximum atomic E-state index is 2.49. The number of hydrogen-bond donors (Lipinski definition) is 0. The fourth-order valence-corrected chi connectivity index (χ4v) is 8.42. The molecule has 0 aliphatic rings. The first-order valence-corrected chi connectivity index (χ1v) is 17.9. The molecule has 11 aromatic rings. The molecule has 242 valence electrons. The van der Waals surface area contributed by atoms with Gasteiger partial charge >= 0.3 is 0 Å². The van der Waals surface area contributed by atoms with Crippen molar-refractivity contribution in [1.82, 2.24) is 9.13 Å². The zero-order valence-electron chi connectivity index (χ0n) is 28.4. The number of benzene rings is 9. The molecule has 0 aliphatic heterocycles. The van der Waals surface area contributed by atoms with E-state index in [1.54, 1.807) is 0 Å². The molecule has 0 radical (unpaired) electrons. The molecule has 0 N–H and O–H groups in total. The number of rotatable bonds is 4. The lowest BCUT2D eigenvalue weighted by atomic mass is 10.0. The molecule has 0 spiro atoms. The Kier molecular flexibility index (Phi) is 6.28. The van der Waals surface area contributed by atoms with Crippen LogP contribution in [0.3, 0.4) is 0 Å². The highest BCUT2D eigenvalue weighted by molar-refractivity contribution is 6.26. The first kappa shape index (κ1) is 28.9. The molecule has 0 bridgehead atoms. The van der Waals surface area contributed by atoms with Crippen LogP contribution in [0.25, 0.3) is 98.8 Å². The average Bonchev–Trinajstić information content (AvgIpc) is 3.74. The molecule has 2 heteroatoms. The molecule has 2 aromatic heterocycles. The standard InChI is InChI=1S/C50H32N2/c1-3-11-33(12-4-1)35-19-21-39-31-41(25-23-37(39)29-35)51-47-18-10-8-16-45(47)49-48(51)28-27-44-43-15-7-9-17-46(43)52(50(44)49)42-26-24-38-30-36(20-22-40(38)32-42)34-13-5-2-6-14-34/h1-32H. The average molecular weight is 661 g/mol. The second-order valence-corrected chi connectivity index (χ2v) is 13.8. The van der Waals surface area contributed by atoms with Gasteiger partial charge in [0.15, 0.2) is 0 Å². The molecule has 9 aromatic carbocycles. The van der Waals surface area contributed by atoms with E-state index in [0.29, 0.717) is 0 Å². The molecular weight excluding hydrogens is 629 g/mol. The van der Waals surface area contributed by atoms with E-state index in [-0.39, 0.29) is 0 Å². The van der Waals surface area contributed by atoms with Crippen molar-refractivity contribution >= 4 is 65.2 Å². The van der Waals surface area contributed by atoms with E-state index in [9.17, 15) is 0 Å². The summed E-state index contributed by atoms with van der Waals surface area (Å²) in [6, 6.07) is 71.0. The largest absolute Gasteiger partial charge is 0.309 e. The second-order valence-electron chi connectivity index (χ2n) is 13.8. The summed E-state index contributed by atoms with van der Waals surface area (Å²) in [7, 11) is 0. The van der Waals surface area contributed by atoms with Crippen molar-refractivity contribution in [3.05, 3.63) is 194 Å². The highest BCUT2D eigenvalue weighted by Crippen LogP contribution is 2.42. The normalized spacial score (nSPS) is 11.8. The van der Waals surface area contributed by atoms with Crippen molar-refractivity contribution in [2.45, 2.75) is 0 Å². The van der Waals surface area contributed by atoms with Gasteiger partial charge in [0.05, 0.1) is 22.1 Å². The van der Waals surface area contributed by atoms with Crippen LogP contribution >= 0.6 is 0 Å². The third-order valence-electron chi connectivity index (χ3n) is 10.8. The minimum atomic E-state index is 1.16. The molecule has 0 aliphatic carbocycles. The molecule has 0 unspecified atom stereocenters. The maximum absolute atomic E-state index is 2.49. The SMILES string of the molecule is c1ccc(-c2ccc3cc(-n4c5ccccc5c5c4ccc4c6ccccc6n(-c6ccc7cc(-c8ccccc8)ccc7c6)c45)ccc3c2)cc1. The fourth-order valence-electron chi connectivity index (χ4n) is 8.42. The van der Waals surface area contributed by atoms with Crippen molar-refractivity contribution in [2.24, 2.45) is 0 Å². The Bertz CT molecular complexity index is 3160. The molecule has 0 amide bonds. The monoisotopic (exact) mass is 660 g/mol. The van der Waals surface area contributed by atoms with Crippen LogP contribution in [0, 0.1) is 0 Å². The molecule has 0 saturated heterocycles. The van der Waals surface area contributed by atoms with Crippen molar-refractivity contribution in [1.29, 1.82) is 0 Å². The maximum Gasteiger partial charge on any atom is 0.0641 e. The third-order valence-corrected chi connectivity index (χ3v) is 10.8. The van der Waals surface area contributed by atoms with Crippen LogP contribution in [-0.2, 0) is 0 Å². The first-order chi connectivity index (χ1) is 25.8. The number of aromatic nitrogens is 2. The Morgan fingerprint density at radius 3 is 1.37 bits per heavy atom. The van der Waals surface area contributed by atoms with Crippen molar-refractivity contribution in [3.8, 4) is 33.6 Å². The lowest BCUT2D eigenvalue weighted by Crippen LogP contribution is -1.96. The summed E-state index contributed by atoms with van der Waals surface area (Å²) >= 11 is 0. The lowest BCUT2D eigenvalue weighted by molar-refractivity contribution is 1.18. The van der Waals surface area contributed by atoms with Gasteiger partial charge in [-0.25, -0.2) is 0 Å². The van der Waals surface area contributed by atoms with E-state index in [1.165, 1.54) is 87.4 Å². The molecular formula is C50H32N2. The zero-order valence-corrected chi connectivity index (χ0v) is 28.4. The quantitative estimate of drug-likeness (QED) is 0.178. The van der Waals surface area contributed by atoms with Crippen LogP contribution in [0.15, 0.2) is 194 Å². The zero-order chi connectivity index (χ0) is 34.2. The topological polar surface area (TPSA) is 9.86 Å². The Morgan fingerprint density at radius 2 is 0.750 bits per heavy atom. The molecule has 2 heterocycles. The summed E-state index contributed by atoms with van der Waals surface area (Å²) in [5.74, 6) is 0. The molecule has 0 atom stereocenters. The molecule has 0 fully saturated rings. The van der Waals surface area contributed by atoms with Gasteiger partial charge < -0.3 is 9.13 Å². The van der Waals surface area contributed by atoms with Gasteiger partial charge in [0.1, 0.15) is 0 Å². The van der Waals surface area contributed by atoms with Gasteiger partial charge in [-0.15, -0.1) is 0 Å². The minimum Gasteiger partial charge on any atom is -0.309 e. The molecule has 52 heavy (non-hydrogen) atoms. The van der Waals surface area contributed by atoms with E-state index in [2.05, 4.69) is 203 Å². The van der Waals surface area contributed by atoms with Crippen LogP contribution in [0.4, 0.5) is 0 Å². The van der Waals surface area contributed by atoms with Gasteiger partial charge in [0.2, 0.25) is 0 Å². The van der Waals surface area contributed by atoms with Crippen molar-refractivity contribution < 1.29 is 0 Å². The molecule has 11 rings (SSSR count). The summed E-state index contributed by atoms with van der Waals surface area (Å²) in [5, 5.41) is 9.96. The van der Waals surface area contributed by atoms with Gasteiger partial charge in [0, 0.05) is 32.9 Å². The molecule has 0 saturated carbocycles. The van der Waals surface area contributed by atoms with Crippen LogP contribution in [0.5, 0.6) is 0 Å². The number of hydrogen-bond acceptors (Lipinski definition) is 0. The first-order valence-electron chi connectivity index (χ1n) is 17.9. The Labute approximate surface area is 301 Å². The highest BCUT2D eigenvalue weighted by atomic mass is 15.0. The highest BCUT2D eigenvalue weighted by Gasteiger charge is 2.21. The van der Waals surface area contributed by atoms with Gasteiger partial charge in [0.25, 0.3) is 0 Å². The Morgan fingerprint density at radius 1 is 0.269 bits per heavy atom. The van der Waals surface area contributed by atoms with E-state index in [1.807, 2.05) is 0 Å². The summed E-state index contributed by atoms with van der Waals surface area (Å²) in [5.41, 5.74) is 12.1. The van der Waals surface area contributed by atoms with Crippen LogP contribution in [0.2, 0.25) is 0 Å². The third kappa shape index (κ3) is 4.38. The van der Waals surface area contributed by atoms with E-state index in [4.69, 9.17) is 0 Å². The van der Waals surface area contributed by atoms with Crippen molar-refractivity contribution in [3.63, 3.8) is 0 Å². The smallest absolute Gasteiger partial charge is 0.0641 e. The lowest BCUT2D eigenvalue weighted by Gasteiger charge is -2.12. The van der Waals surface area contributed by atoms with Gasteiger partial charge in [-0.05, 0) is 98.4 Å². The number of para-hydroxylation sites is 2. The van der Waals surface area contributed by atoms with Crippen molar-refractivity contribution in [2.75, 3.05) is 0 Å². The van der Waals surface area contributed by atoms with Crippen LogP contribution in [0.1, 0.15) is 0 Å². The summed E-state index contributed by atoms with van der Waals surface area (Å²) in [4.78, 5) is 0. The van der Waals surface area contributed by atoms with Crippen LogP contribution in [-0.4, -0.2) is 9.13 Å². The van der Waals surface area contributed by atoms with Crippen LogP contribution < -0.4 is 0 Å². The summed E-state index contributed by atoms with van der Waals surface area (Å²) < 4.78 is 4.93. The van der Waals surface area contributed by atoms with E-state index >= 15 is 0 Å². The second kappa shape index (κ2) is 11.3. The van der Waals surface area contributed by atoms with Gasteiger partial charge in [-0.1, -0.05) is 140 Å². The summed E-state index contributed by atoms with van der Waals surface area (Å²) in [6.45, 7) is 0. The predicted octanol–water partition coefficient (Wildman–Crippen LogP) is 13.5. The number of nitrogens with zero attached hydrogens (tertiary/aromatic N) is 2. The van der Waals surface area contributed by atoms with Gasteiger partial charge in [-0.3, -0.25) is 0 Å². The number of fused-ring (bicyclic) bond motifs is 9. The fraction of sp³-hybridized carbons (Fsp3) is 0. The Balaban J connectivity index is 1.15. The minimum absolute atomic E-state index is 1.16. The van der Waals surface area contributed by atoms with E-state index in [0.717, 1.165) is 11.4 Å². The van der Waals surface area contributed by atoms with E-state index < -0.39 is 0 Å². The summed E-state index contributed by atoms with van der Waals surface area (Å²) in [6.07, 6.45) is 0.